The van der Waals surface area contributed by atoms with Gasteiger partial charge < -0.3 is 15.1 Å². The highest BCUT2D eigenvalue weighted by atomic mass is 16.4. The third-order valence-electron chi connectivity index (χ3n) is 3.47. The third kappa shape index (κ3) is 4.46. The highest BCUT2D eigenvalue weighted by molar-refractivity contribution is 5.91. The van der Waals surface area contributed by atoms with Crippen molar-refractivity contribution in [3.8, 4) is 0 Å². The molecule has 0 unspecified atom stereocenters. The van der Waals surface area contributed by atoms with Crippen molar-refractivity contribution in [2.75, 3.05) is 13.6 Å². The van der Waals surface area contributed by atoms with Gasteiger partial charge in [-0.3, -0.25) is 4.79 Å². The molecule has 1 heterocycles. The molecule has 0 spiro atoms. The number of unbranched alkanes of at least 4 members (excludes halogenated alkanes) is 1. The molecule has 2 rings (SSSR count). The van der Waals surface area contributed by atoms with Crippen LogP contribution in [0, 0.1) is 0 Å². The summed E-state index contributed by atoms with van der Waals surface area (Å²) in [4.78, 5) is 13.8. The summed E-state index contributed by atoms with van der Waals surface area (Å²) in [5.41, 5.74) is 6.81. The summed E-state index contributed by atoms with van der Waals surface area (Å²) in [5.74, 6) is 0.909. The Kier molecular flexibility index (Phi) is 5.58. The number of carbonyl (C=O) groups is 1. The lowest BCUT2D eigenvalue weighted by Crippen LogP contribution is -2.27. The van der Waals surface area contributed by atoms with E-state index in [1.54, 1.807) is 24.1 Å². The van der Waals surface area contributed by atoms with Gasteiger partial charge in [0.25, 0.3) is 5.91 Å². The fraction of sp³-hybridized carbons (Fsp3) is 0.353. The zero-order chi connectivity index (χ0) is 15.1. The molecular formula is C17H22N2O2. The van der Waals surface area contributed by atoms with Crippen molar-refractivity contribution in [3.05, 3.63) is 59.5 Å². The van der Waals surface area contributed by atoms with Crippen LogP contribution in [-0.2, 0) is 13.0 Å². The number of aryl methyl sites for hydroxylation is 1. The Morgan fingerprint density at radius 1 is 1.14 bits per heavy atom. The number of carbonyl (C=O) groups excluding carboxylic acids is 1. The molecule has 2 aromatic rings. The van der Waals surface area contributed by atoms with Crippen LogP contribution in [0.4, 0.5) is 0 Å². The standard InChI is InChI=1S/C17H22N2O2/c1-19(17(20)16-11-10-15(13-18)21-16)12-6-5-9-14-7-3-2-4-8-14/h2-4,7-8,10-11H,5-6,9,12-13,18H2,1H3. The van der Waals surface area contributed by atoms with Crippen molar-refractivity contribution >= 4 is 5.91 Å². The van der Waals surface area contributed by atoms with Crippen LogP contribution < -0.4 is 5.73 Å². The molecule has 0 aliphatic rings. The van der Waals surface area contributed by atoms with Crippen LogP contribution in [0.1, 0.15) is 34.7 Å². The maximum Gasteiger partial charge on any atom is 0.289 e. The minimum Gasteiger partial charge on any atom is -0.455 e. The van der Waals surface area contributed by atoms with Crippen LogP contribution in [0.25, 0.3) is 0 Å². The van der Waals surface area contributed by atoms with Crippen molar-refractivity contribution in [1.82, 2.24) is 4.90 Å². The largest absolute Gasteiger partial charge is 0.455 e. The van der Waals surface area contributed by atoms with Crippen LogP contribution in [-0.4, -0.2) is 24.4 Å². The van der Waals surface area contributed by atoms with Gasteiger partial charge in [-0.25, -0.2) is 0 Å². The Balaban J connectivity index is 1.74. The highest BCUT2D eigenvalue weighted by Crippen LogP contribution is 2.11. The van der Waals surface area contributed by atoms with Gasteiger partial charge in [-0.15, -0.1) is 0 Å². The lowest BCUT2D eigenvalue weighted by Gasteiger charge is -2.15. The molecule has 1 aromatic heterocycles. The molecule has 1 aromatic carbocycles. The van der Waals surface area contributed by atoms with E-state index in [4.69, 9.17) is 10.2 Å². The Hall–Kier alpha value is -2.07. The van der Waals surface area contributed by atoms with E-state index in [1.807, 2.05) is 6.07 Å². The molecule has 0 radical (unpaired) electrons. The van der Waals surface area contributed by atoms with Crippen LogP contribution in [0.15, 0.2) is 46.9 Å². The molecule has 0 saturated carbocycles. The topological polar surface area (TPSA) is 59.5 Å². The van der Waals surface area contributed by atoms with Gasteiger partial charge >= 0.3 is 0 Å². The Labute approximate surface area is 125 Å². The molecule has 2 N–H and O–H groups in total. The van der Waals surface area contributed by atoms with E-state index >= 15 is 0 Å². The van der Waals surface area contributed by atoms with E-state index < -0.39 is 0 Å². The molecule has 0 saturated heterocycles. The lowest BCUT2D eigenvalue weighted by atomic mass is 10.1. The number of amides is 1. The molecule has 0 fully saturated rings. The smallest absolute Gasteiger partial charge is 0.289 e. The second kappa shape index (κ2) is 7.64. The maximum absolute atomic E-state index is 12.1. The Morgan fingerprint density at radius 2 is 1.90 bits per heavy atom. The summed E-state index contributed by atoms with van der Waals surface area (Å²) in [6.45, 7) is 1.04. The van der Waals surface area contributed by atoms with Crippen LogP contribution in [0.5, 0.6) is 0 Å². The average Bonchev–Trinajstić information content (AvgIpc) is 3.00. The predicted octanol–water partition coefficient (Wildman–Crippen LogP) is 2.83. The Bertz CT molecular complexity index is 563. The first-order valence-corrected chi connectivity index (χ1v) is 7.29. The van der Waals surface area contributed by atoms with Crippen molar-refractivity contribution in [2.24, 2.45) is 5.73 Å². The summed E-state index contributed by atoms with van der Waals surface area (Å²) in [7, 11) is 1.80. The first-order chi connectivity index (χ1) is 10.2. The van der Waals surface area contributed by atoms with Gasteiger partial charge in [0.2, 0.25) is 0 Å². The summed E-state index contributed by atoms with van der Waals surface area (Å²) < 4.78 is 5.38. The molecule has 112 valence electrons. The Morgan fingerprint density at radius 3 is 2.57 bits per heavy atom. The zero-order valence-corrected chi connectivity index (χ0v) is 12.4. The van der Waals surface area contributed by atoms with E-state index in [2.05, 4.69) is 24.3 Å². The van der Waals surface area contributed by atoms with E-state index in [-0.39, 0.29) is 5.91 Å². The van der Waals surface area contributed by atoms with Crippen LogP contribution in [0.3, 0.4) is 0 Å². The number of benzene rings is 1. The van der Waals surface area contributed by atoms with Gasteiger partial charge in [0.1, 0.15) is 5.76 Å². The van der Waals surface area contributed by atoms with Gasteiger partial charge in [0, 0.05) is 13.6 Å². The van der Waals surface area contributed by atoms with Crippen LogP contribution >= 0.6 is 0 Å². The predicted molar refractivity (Wildman–Crippen MR) is 82.9 cm³/mol. The molecule has 4 heteroatoms. The van der Waals surface area contributed by atoms with E-state index in [1.165, 1.54) is 5.56 Å². The number of furan rings is 1. The van der Waals surface area contributed by atoms with Gasteiger partial charge in [-0.1, -0.05) is 30.3 Å². The van der Waals surface area contributed by atoms with Crippen molar-refractivity contribution in [2.45, 2.75) is 25.8 Å². The first-order valence-electron chi connectivity index (χ1n) is 7.29. The number of hydrogen-bond acceptors (Lipinski definition) is 3. The zero-order valence-electron chi connectivity index (χ0n) is 12.4. The van der Waals surface area contributed by atoms with Gasteiger partial charge in [-0.2, -0.15) is 0 Å². The number of nitrogens with two attached hydrogens (primary N) is 1. The third-order valence-corrected chi connectivity index (χ3v) is 3.47. The molecule has 0 bridgehead atoms. The van der Waals surface area contributed by atoms with Gasteiger partial charge in [0.15, 0.2) is 5.76 Å². The summed E-state index contributed by atoms with van der Waals surface area (Å²) in [6, 6.07) is 13.8. The molecule has 4 nitrogen and oxygen atoms in total. The molecule has 21 heavy (non-hydrogen) atoms. The minimum absolute atomic E-state index is 0.0885. The van der Waals surface area contributed by atoms with Crippen molar-refractivity contribution in [1.29, 1.82) is 0 Å². The summed E-state index contributed by atoms with van der Waals surface area (Å²) in [6.07, 6.45) is 3.08. The normalized spacial score (nSPS) is 10.6. The van der Waals surface area contributed by atoms with Crippen molar-refractivity contribution < 1.29 is 9.21 Å². The monoisotopic (exact) mass is 286 g/mol. The molecule has 0 aliphatic carbocycles. The van der Waals surface area contributed by atoms with E-state index in [9.17, 15) is 4.79 Å². The molecule has 0 atom stereocenters. The molecule has 0 aliphatic heterocycles. The first kappa shape index (κ1) is 15.3. The quantitative estimate of drug-likeness (QED) is 0.796. The number of hydrogen-bond donors (Lipinski definition) is 1. The van der Waals surface area contributed by atoms with Crippen LogP contribution in [0.2, 0.25) is 0 Å². The second-order valence-corrected chi connectivity index (χ2v) is 5.14. The summed E-state index contributed by atoms with van der Waals surface area (Å²) >= 11 is 0. The van der Waals surface area contributed by atoms with E-state index in [0.717, 1.165) is 25.8 Å². The highest BCUT2D eigenvalue weighted by Gasteiger charge is 2.15. The number of rotatable bonds is 7. The van der Waals surface area contributed by atoms with Crippen molar-refractivity contribution in [3.63, 3.8) is 0 Å². The average molecular weight is 286 g/mol. The second-order valence-electron chi connectivity index (χ2n) is 5.14. The number of nitrogens with zero attached hydrogens (tertiary/aromatic N) is 1. The molecule has 1 amide bonds. The minimum atomic E-state index is -0.0885. The maximum atomic E-state index is 12.1. The van der Waals surface area contributed by atoms with E-state index in [0.29, 0.717) is 18.1 Å². The lowest BCUT2D eigenvalue weighted by molar-refractivity contribution is 0.0759. The summed E-state index contributed by atoms with van der Waals surface area (Å²) in [5, 5.41) is 0. The fourth-order valence-electron chi connectivity index (χ4n) is 2.21. The molecular weight excluding hydrogens is 264 g/mol. The SMILES string of the molecule is CN(CCCCc1ccccc1)C(=O)c1ccc(CN)o1. The fourth-order valence-corrected chi connectivity index (χ4v) is 2.21. The van der Waals surface area contributed by atoms with Gasteiger partial charge in [0.05, 0.1) is 6.54 Å². The van der Waals surface area contributed by atoms with Gasteiger partial charge in [-0.05, 0) is 37.0 Å².